The molecule has 32 heavy (non-hydrogen) atoms. The summed E-state index contributed by atoms with van der Waals surface area (Å²) in [6, 6.07) is 11.7. The first-order valence-corrected chi connectivity index (χ1v) is 11.8. The fraction of sp³-hybridized carbons (Fsp3) is 0.261. The number of nitrogens with zero attached hydrogens (tertiary/aromatic N) is 3. The smallest absolute Gasteiger partial charge is 0.263 e. The van der Waals surface area contributed by atoms with Crippen molar-refractivity contribution in [1.29, 1.82) is 0 Å². The summed E-state index contributed by atoms with van der Waals surface area (Å²) in [5.41, 5.74) is 1.71. The molecule has 0 spiro atoms. The van der Waals surface area contributed by atoms with Crippen LogP contribution in [-0.2, 0) is 11.3 Å². The largest absolute Gasteiger partial charge is 0.497 e. The summed E-state index contributed by atoms with van der Waals surface area (Å²) in [6.07, 6.45) is 1.45. The number of methoxy groups -OCH3 is 1. The molecule has 3 heterocycles. The maximum Gasteiger partial charge on any atom is 0.263 e. The van der Waals surface area contributed by atoms with Gasteiger partial charge in [-0.05, 0) is 43.2 Å². The molecule has 7 nitrogen and oxygen atoms in total. The number of aromatic nitrogens is 2. The third-order valence-corrected chi connectivity index (χ3v) is 7.05. The SMILES string of the molecule is COc1cccc(C(CNC(=O)Cn2cnc3scc(-c4cccs4)c3c2=O)N(C)C)c1. The van der Waals surface area contributed by atoms with Crippen molar-refractivity contribution in [3.63, 3.8) is 0 Å². The Hall–Kier alpha value is -3.01. The van der Waals surface area contributed by atoms with Crippen LogP contribution >= 0.6 is 22.7 Å². The Morgan fingerprint density at radius 1 is 1.25 bits per heavy atom. The molecule has 1 N–H and O–H groups in total. The number of rotatable bonds is 8. The lowest BCUT2D eigenvalue weighted by Gasteiger charge is -2.25. The van der Waals surface area contributed by atoms with Crippen molar-refractivity contribution in [3.05, 3.63) is 69.4 Å². The highest BCUT2D eigenvalue weighted by molar-refractivity contribution is 7.18. The van der Waals surface area contributed by atoms with Crippen molar-refractivity contribution in [2.24, 2.45) is 0 Å². The van der Waals surface area contributed by atoms with Gasteiger partial charge in [0, 0.05) is 22.4 Å². The standard InChI is InChI=1S/C23H24N4O3S2/c1-26(2)18(15-6-4-7-16(10-15)30-3)11-24-20(28)12-27-14-25-22-21(23(27)29)17(13-32-22)19-8-5-9-31-19/h4-10,13-14,18H,11-12H2,1-3H3,(H,24,28). The van der Waals surface area contributed by atoms with E-state index in [4.69, 9.17) is 4.74 Å². The van der Waals surface area contributed by atoms with E-state index in [0.717, 1.165) is 21.8 Å². The number of hydrogen-bond donors (Lipinski definition) is 1. The van der Waals surface area contributed by atoms with Crippen LogP contribution in [0.1, 0.15) is 11.6 Å². The number of carbonyl (C=O) groups excluding carboxylic acids is 1. The predicted octanol–water partition coefficient (Wildman–Crippen LogP) is 3.61. The average Bonchev–Trinajstić information content (AvgIpc) is 3.46. The number of thiophene rings is 2. The molecule has 1 amide bonds. The van der Waals surface area contributed by atoms with Gasteiger partial charge in [-0.15, -0.1) is 22.7 Å². The van der Waals surface area contributed by atoms with E-state index < -0.39 is 0 Å². The molecule has 0 aliphatic heterocycles. The van der Waals surface area contributed by atoms with E-state index in [1.54, 1.807) is 18.4 Å². The Bertz CT molecular complexity index is 1280. The molecule has 166 valence electrons. The highest BCUT2D eigenvalue weighted by atomic mass is 32.1. The van der Waals surface area contributed by atoms with Crippen LogP contribution in [0, 0.1) is 0 Å². The number of amides is 1. The molecule has 1 unspecified atom stereocenters. The number of fused-ring (bicyclic) bond motifs is 1. The molecule has 9 heteroatoms. The van der Waals surface area contributed by atoms with Gasteiger partial charge in [-0.3, -0.25) is 14.2 Å². The zero-order valence-electron chi connectivity index (χ0n) is 18.1. The number of nitrogens with one attached hydrogen (secondary N) is 1. The highest BCUT2D eigenvalue weighted by Gasteiger charge is 2.18. The van der Waals surface area contributed by atoms with Crippen molar-refractivity contribution < 1.29 is 9.53 Å². The van der Waals surface area contributed by atoms with Gasteiger partial charge in [0.05, 0.1) is 24.9 Å². The second kappa shape index (κ2) is 9.64. The van der Waals surface area contributed by atoms with Crippen LogP contribution in [0.2, 0.25) is 0 Å². The predicted molar refractivity (Wildman–Crippen MR) is 130 cm³/mol. The van der Waals surface area contributed by atoms with E-state index in [-0.39, 0.29) is 24.1 Å². The summed E-state index contributed by atoms with van der Waals surface area (Å²) in [7, 11) is 5.55. The summed E-state index contributed by atoms with van der Waals surface area (Å²) in [6.45, 7) is 0.322. The first-order valence-electron chi connectivity index (χ1n) is 10.1. The second-order valence-electron chi connectivity index (χ2n) is 7.54. The van der Waals surface area contributed by atoms with Crippen LogP contribution in [0.15, 0.2) is 58.3 Å². The molecule has 4 rings (SSSR count). The molecule has 3 aromatic heterocycles. The molecular formula is C23H24N4O3S2. The van der Waals surface area contributed by atoms with Crippen LogP contribution < -0.4 is 15.6 Å². The summed E-state index contributed by atoms with van der Waals surface area (Å²) >= 11 is 3.01. The monoisotopic (exact) mass is 468 g/mol. The Balaban J connectivity index is 1.50. The zero-order valence-corrected chi connectivity index (χ0v) is 19.7. The van der Waals surface area contributed by atoms with Crippen molar-refractivity contribution in [3.8, 4) is 16.2 Å². The number of hydrogen-bond acceptors (Lipinski definition) is 7. The molecular weight excluding hydrogens is 444 g/mol. The van der Waals surface area contributed by atoms with Crippen molar-refractivity contribution in [2.75, 3.05) is 27.7 Å². The van der Waals surface area contributed by atoms with Crippen LogP contribution in [0.4, 0.5) is 0 Å². The van der Waals surface area contributed by atoms with E-state index in [2.05, 4.69) is 10.3 Å². The Kier molecular flexibility index (Phi) is 6.69. The van der Waals surface area contributed by atoms with E-state index in [1.807, 2.05) is 66.2 Å². The Morgan fingerprint density at radius 3 is 2.81 bits per heavy atom. The van der Waals surface area contributed by atoms with Crippen LogP contribution in [-0.4, -0.2) is 48.1 Å². The normalized spacial score (nSPS) is 12.2. The fourth-order valence-electron chi connectivity index (χ4n) is 3.56. The molecule has 0 aliphatic rings. The molecule has 0 radical (unpaired) electrons. The fourth-order valence-corrected chi connectivity index (χ4v) is 5.28. The van der Waals surface area contributed by atoms with E-state index in [0.29, 0.717) is 16.8 Å². The van der Waals surface area contributed by atoms with Gasteiger partial charge in [-0.2, -0.15) is 0 Å². The highest BCUT2D eigenvalue weighted by Crippen LogP contribution is 2.33. The van der Waals surface area contributed by atoms with E-state index >= 15 is 0 Å². The molecule has 4 aromatic rings. The minimum atomic E-state index is -0.240. The minimum absolute atomic E-state index is 0.0336. The number of likely N-dealkylation sites (N-methyl/N-ethyl adjacent to an activating group) is 1. The topological polar surface area (TPSA) is 76.5 Å². The van der Waals surface area contributed by atoms with Gasteiger partial charge < -0.3 is 15.0 Å². The maximum atomic E-state index is 13.1. The third-order valence-electron chi connectivity index (χ3n) is 5.26. The second-order valence-corrected chi connectivity index (χ2v) is 9.35. The van der Waals surface area contributed by atoms with Crippen molar-refractivity contribution in [2.45, 2.75) is 12.6 Å². The lowest BCUT2D eigenvalue weighted by atomic mass is 10.1. The lowest BCUT2D eigenvalue weighted by Crippen LogP contribution is -2.37. The third kappa shape index (κ3) is 4.59. The average molecular weight is 469 g/mol. The molecule has 0 fully saturated rings. The molecule has 0 bridgehead atoms. The molecule has 0 aliphatic carbocycles. The van der Waals surface area contributed by atoms with Crippen molar-refractivity contribution >= 4 is 38.8 Å². The molecule has 1 atom stereocenters. The van der Waals surface area contributed by atoms with Crippen LogP contribution in [0.25, 0.3) is 20.7 Å². The number of ether oxygens (including phenoxy) is 1. The lowest BCUT2D eigenvalue weighted by molar-refractivity contribution is -0.121. The number of benzene rings is 1. The summed E-state index contributed by atoms with van der Waals surface area (Å²) in [5, 5.41) is 7.45. The maximum absolute atomic E-state index is 13.1. The first-order chi connectivity index (χ1) is 15.5. The van der Waals surface area contributed by atoms with Crippen LogP contribution in [0.5, 0.6) is 5.75 Å². The van der Waals surface area contributed by atoms with Crippen LogP contribution in [0.3, 0.4) is 0 Å². The van der Waals surface area contributed by atoms with E-state index in [1.165, 1.54) is 22.2 Å². The molecule has 0 saturated carbocycles. The van der Waals surface area contributed by atoms with Gasteiger partial charge in [0.1, 0.15) is 17.1 Å². The van der Waals surface area contributed by atoms with Gasteiger partial charge in [-0.1, -0.05) is 18.2 Å². The quantitative estimate of drug-likeness (QED) is 0.428. The summed E-state index contributed by atoms with van der Waals surface area (Å²) < 4.78 is 6.69. The van der Waals surface area contributed by atoms with Gasteiger partial charge >= 0.3 is 0 Å². The molecule has 0 saturated heterocycles. The number of carbonyl (C=O) groups is 1. The summed E-state index contributed by atoms with van der Waals surface area (Å²) in [5.74, 6) is 0.528. The Labute approximate surface area is 193 Å². The van der Waals surface area contributed by atoms with Gasteiger partial charge in [0.15, 0.2) is 0 Å². The summed E-state index contributed by atoms with van der Waals surface area (Å²) in [4.78, 5) is 33.9. The Morgan fingerprint density at radius 2 is 2.09 bits per heavy atom. The molecule has 1 aromatic carbocycles. The van der Waals surface area contributed by atoms with Gasteiger partial charge in [-0.25, -0.2) is 4.98 Å². The van der Waals surface area contributed by atoms with E-state index in [9.17, 15) is 9.59 Å². The van der Waals surface area contributed by atoms with Gasteiger partial charge in [0.2, 0.25) is 5.91 Å². The van der Waals surface area contributed by atoms with Gasteiger partial charge in [0.25, 0.3) is 5.56 Å². The first kappa shape index (κ1) is 22.2. The van der Waals surface area contributed by atoms with Crippen molar-refractivity contribution in [1.82, 2.24) is 19.8 Å². The zero-order chi connectivity index (χ0) is 22.7. The minimum Gasteiger partial charge on any atom is -0.497 e.